The van der Waals surface area contributed by atoms with E-state index in [2.05, 4.69) is 53.1 Å². The number of pyridine rings is 1. The van der Waals surface area contributed by atoms with Gasteiger partial charge in [0.15, 0.2) is 0 Å². The van der Waals surface area contributed by atoms with Gasteiger partial charge in [-0.1, -0.05) is 13.8 Å². The first-order valence-corrected chi connectivity index (χ1v) is 8.34. The maximum Gasteiger partial charge on any atom is 0.140 e. The third-order valence-electron chi connectivity index (χ3n) is 3.67. The first-order valence-electron chi connectivity index (χ1n) is 7.52. The van der Waals surface area contributed by atoms with E-state index in [9.17, 15) is 0 Å². The van der Waals surface area contributed by atoms with Crippen molar-refractivity contribution in [2.75, 3.05) is 6.54 Å². The first kappa shape index (κ1) is 14.3. The Balaban J connectivity index is 1.93. The zero-order valence-corrected chi connectivity index (χ0v) is 13.4. The van der Waals surface area contributed by atoms with Crippen molar-refractivity contribution in [1.82, 2.24) is 14.9 Å². The quantitative estimate of drug-likeness (QED) is 0.750. The molecule has 4 heteroatoms. The van der Waals surface area contributed by atoms with Gasteiger partial charge in [-0.3, -0.25) is 0 Å². The summed E-state index contributed by atoms with van der Waals surface area (Å²) in [7, 11) is 0. The molecule has 0 aromatic carbocycles. The Morgan fingerprint density at radius 2 is 2.05 bits per heavy atom. The van der Waals surface area contributed by atoms with Gasteiger partial charge in [0.1, 0.15) is 5.65 Å². The smallest absolute Gasteiger partial charge is 0.140 e. The molecule has 0 radical (unpaired) electrons. The SMILES string of the molecule is CCNCc1cn(Cc2ccc(CC)s2)c2ncccc12. The lowest BCUT2D eigenvalue weighted by Crippen LogP contribution is -2.11. The normalized spacial score (nSPS) is 11.3. The largest absolute Gasteiger partial charge is 0.327 e. The molecular formula is C17H21N3S. The number of fused-ring (bicyclic) bond motifs is 1. The third-order valence-corrected chi connectivity index (χ3v) is 4.89. The number of hydrogen-bond acceptors (Lipinski definition) is 3. The summed E-state index contributed by atoms with van der Waals surface area (Å²) in [4.78, 5) is 7.41. The summed E-state index contributed by atoms with van der Waals surface area (Å²) in [6.45, 7) is 7.13. The molecule has 0 bridgehead atoms. The molecule has 3 heterocycles. The van der Waals surface area contributed by atoms with Crippen LogP contribution in [0, 0.1) is 0 Å². The van der Waals surface area contributed by atoms with Crippen LogP contribution in [0.25, 0.3) is 11.0 Å². The van der Waals surface area contributed by atoms with Gasteiger partial charge in [-0.25, -0.2) is 4.98 Å². The summed E-state index contributed by atoms with van der Waals surface area (Å²) in [6, 6.07) is 8.65. The van der Waals surface area contributed by atoms with Crippen LogP contribution >= 0.6 is 11.3 Å². The fourth-order valence-corrected chi connectivity index (χ4v) is 3.54. The minimum atomic E-state index is 0.899. The number of rotatable bonds is 6. The summed E-state index contributed by atoms with van der Waals surface area (Å²) in [5.74, 6) is 0. The van der Waals surface area contributed by atoms with Crippen LogP contribution in [0.4, 0.5) is 0 Å². The van der Waals surface area contributed by atoms with E-state index in [4.69, 9.17) is 0 Å². The Morgan fingerprint density at radius 3 is 2.81 bits per heavy atom. The van der Waals surface area contributed by atoms with Gasteiger partial charge in [-0.2, -0.15) is 0 Å². The van der Waals surface area contributed by atoms with Crippen LogP contribution in [0.3, 0.4) is 0 Å². The molecule has 3 aromatic heterocycles. The highest BCUT2D eigenvalue weighted by Gasteiger charge is 2.10. The number of hydrogen-bond donors (Lipinski definition) is 1. The zero-order valence-electron chi connectivity index (χ0n) is 12.6. The molecule has 3 rings (SSSR count). The number of nitrogens with zero attached hydrogens (tertiary/aromatic N) is 2. The van der Waals surface area contributed by atoms with Crippen molar-refractivity contribution in [3.63, 3.8) is 0 Å². The Hall–Kier alpha value is -1.65. The van der Waals surface area contributed by atoms with E-state index in [-0.39, 0.29) is 0 Å². The molecule has 0 aliphatic rings. The van der Waals surface area contributed by atoms with E-state index in [0.29, 0.717) is 0 Å². The molecule has 0 aliphatic carbocycles. The van der Waals surface area contributed by atoms with Crippen LogP contribution in [0.2, 0.25) is 0 Å². The average molecular weight is 299 g/mol. The van der Waals surface area contributed by atoms with Gasteiger partial charge in [-0.05, 0) is 42.8 Å². The topological polar surface area (TPSA) is 29.9 Å². The Kier molecular flexibility index (Phi) is 4.36. The van der Waals surface area contributed by atoms with Crippen molar-refractivity contribution in [2.24, 2.45) is 0 Å². The predicted octanol–water partition coefficient (Wildman–Crippen LogP) is 3.82. The second-order valence-electron chi connectivity index (χ2n) is 5.16. The fourth-order valence-electron chi connectivity index (χ4n) is 2.58. The molecule has 0 amide bonds. The Morgan fingerprint density at radius 1 is 1.19 bits per heavy atom. The van der Waals surface area contributed by atoms with E-state index in [0.717, 1.165) is 31.7 Å². The lowest BCUT2D eigenvalue weighted by molar-refractivity contribution is 0.724. The maximum atomic E-state index is 4.57. The summed E-state index contributed by atoms with van der Waals surface area (Å²) in [5, 5.41) is 4.66. The highest BCUT2D eigenvalue weighted by Crippen LogP contribution is 2.23. The minimum Gasteiger partial charge on any atom is -0.327 e. The van der Waals surface area contributed by atoms with Crippen LogP contribution in [0.1, 0.15) is 29.2 Å². The highest BCUT2D eigenvalue weighted by molar-refractivity contribution is 7.11. The third kappa shape index (κ3) is 3.01. The van der Waals surface area contributed by atoms with Crippen molar-refractivity contribution in [1.29, 1.82) is 0 Å². The monoisotopic (exact) mass is 299 g/mol. The molecule has 3 aromatic rings. The molecule has 3 nitrogen and oxygen atoms in total. The standard InChI is InChI=1S/C17H21N3S/c1-3-14-7-8-15(21-14)12-20-11-13(10-18-4-2)16-6-5-9-19-17(16)20/h5-9,11,18H,3-4,10,12H2,1-2H3. The van der Waals surface area contributed by atoms with Crippen LogP contribution in [0.15, 0.2) is 36.7 Å². The number of aromatic nitrogens is 2. The number of aryl methyl sites for hydroxylation is 1. The van der Waals surface area contributed by atoms with Gasteiger partial charge >= 0.3 is 0 Å². The number of thiophene rings is 1. The molecule has 0 spiro atoms. The predicted molar refractivity (Wildman–Crippen MR) is 89.9 cm³/mol. The molecule has 0 saturated heterocycles. The van der Waals surface area contributed by atoms with Gasteiger partial charge < -0.3 is 9.88 Å². The average Bonchev–Trinajstić information content (AvgIpc) is 3.11. The molecule has 0 fully saturated rings. The van der Waals surface area contributed by atoms with Gasteiger partial charge in [0.05, 0.1) is 6.54 Å². The summed E-state index contributed by atoms with van der Waals surface area (Å²) in [5.41, 5.74) is 2.41. The summed E-state index contributed by atoms with van der Waals surface area (Å²) < 4.78 is 2.27. The Bertz CT molecular complexity index is 727. The molecule has 110 valence electrons. The first-order chi connectivity index (χ1) is 10.3. The van der Waals surface area contributed by atoms with E-state index in [1.54, 1.807) is 0 Å². The van der Waals surface area contributed by atoms with Crippen molar-refractivity contribution >= 4 is 22.4 Å². The van der Waals surface area contributed by atoms with Gasteiger partial charge in [0, 0.05) is 34.1 Å². The van der Waals surface area contributed by atoms with Crippen molar-refractivity contribution < 1.29 is 0 Å². The number of nitrogens with one attached hydrogen (secondary N) is 1. The lowest BCUT2D eigenvalue weighted by atomic mass is 10.2. The van der Waals surface area contributed by atoms with E-state index >= 15 is 0 Å². The van der Waals surface area contributed by atoms with E-state index in [1.807, 2.05) is 23.6 Å². The van der Waals surface area contributed by atoms with Gasteiger partial charge in [0.25, 0.3) is 0 Å². The second kappa shape index (κ2) is 6.41. The molecule has 21 heavy (non-hydrogen) atoms. The fraction of sp³-hybridized carbons (Fsp3) is 0.353. The van der Waals surface area contributed by atoms with Crippen LogP contribution in [0.5, 0.6) is 0 Å². The molecule has 0 unspecified atom stereocenters. The van der Waals surface area contributed by atoms with E-state index in [1.165, 1.54) is 20.7 Å². The van der Waals surface area contributed by atoms with Crippen molar-refractivity contribution in [3.8, 4) is 0 Å². The molecule has 0 saturated carbocycles. The Labute approximate surface area is 129 Å². The van der Waals surface area contributed by atoms with Crippen LogP contribution in [-0.4, -0.2) is 16.1 Å². The van der Waals surface area contributed by atoms with Crippen LogP contribution in [-0.2, 0) is 19.5 Å². The van der Waals surface area contributed by atoms with Gasteiger partial charge in [0.2, 0.25) is 0 Å². The summed E-state index contributed by atoms with van der Waals surface area (Å²) in [6.07, 6.45) is 5.23. The summed E-state index contributed by atoms with van der Waals surface area (Å²) >= 11 is 1.90. The minimum absolute atomic E-state index is 0.899. The molecule has 0 aliphatic heterocycles. The molecular weight excluding hydrogens is 278 g/mol. The van der Waals surface area contributed by atoms with Crippen LogP contribution < -0.4 is 5.32 Å². The van der Waals surface area contributed by atoms with Crippen molar-refractivity contribution in [2.45, 2.75) is 33.4 Å². The lowest BCUT2D eigenvalue weighted by Gasteiger charge is -2.01. The highest BCUT2D eigenvalue weighted by atomic mass is 32.1. The maximum absolute atomic E-state index is 4.57. The molecule has 0 atom stereocenters. The molecule has 1 N–H and O–H groups in total. The van der Waals surface area contributed by atoms with Crippen molar-refractivity contribution in [3.05, 3.63) is 52.0 Å². The van der Waals surface area contributed by atoms with E-state index < -0.39 is 0 Å². The second-order valence-corrected chi connectivity index (χ2v) is 6.41. The zero-order chi connectivity index (χ0) is 14.7. The van der Waals surface area contributed by atoms with Gasteiger partial charge in [-0.15, -0.1) is 11.3 Å².